The van der Waals surface area contributed by atoms with E-state index in [1.807, 2.05) is 0 Å². The van der Waals surface area contributed by atoms with Gasteiger partial charge in [-0.1, -0.05) is 229 Å². The molecule has 0 aromatic rings. The van der Waals surface area contributed by atoms with Gasteiger partial charge >= 0.3 is 17.9 Å². The molecule has 1 unspecified atom stereocenters. The van der Waals surface area contributed by atoms with Crippen LogP contribution in [-0.2, 0) is 28.6 Å². The maximum absolute atomic E-state index is 12.8. The van der Waals surface area contributed by atoms with Crippen LogP contribution in [0.15, 0.2) is 72.9 Å². The smallest absolute Gasteiger partial charge is 0.306 e. The van der Waals surface area contributed by atoms with Crippen molar-refractivity contribution in [2.24, 2.45) is 0 Å². The van der Waals surface area contributed by atoms with Gasteiger partial charge in [-0.3, -0.25) is 14.4 Å². The standard InChI is InChI=1S/C62H108O6/c1-4-7-10-13-16-19-22-25-28-30-31-33-34-37-40-43-46-49-52-55-61(64)67-58-59(57-66-60(63)54-51-48-45-42-39-36-27-24-21-18-15-12-9-6-3)68-62(65)56-53-50-47-44-41-38-35-32-29-26-23-20-17-14-11-8-5-2/h17,20,26,29-31,35-36,38-39,44,47,59H,4-16,18-19,21-25,27-28,32-34,37,40-43,45-46,48-58H2,1-3H3/b20-17-,29-26-,31-30-,38-35-,39-36-,47-44-. The van der Waals surface area contributed by atoms with Crippen molar-refractivity contribution >= 4 is 17.9 Å². The SMILES string of the molecule is CCCCC/C=C\C/C=C\C/C=C\C/C=C\CCCC(=O)OC(COC(=O)CCCCC/C=C\CCCCCCCCC)COC(=O)CCCCCCCCC/C=C\CCCCCCCCCC. The van der Waals surface area contributed by atoms with E-state index < -0.39 is 6.10 Å². The number of carbonyl (C=O) groups is 3. The molecule has 1 atom stereocenters. The lowest BCUT2D eigenvalue weighted by molar-refractivity contribution is -0.167. The molecule has 0 aromatic heterocycles. The highest BCUT2D eigenvalue weighted by Gasteiger charge is 2.19. The number of esters is 3. The molecule has 0 aliphatic rings. The Kier molecular flexibility index (Phi) is 53.8. The zero-order chi connectivity index (χ0) is 49.3. The summed E-state index contributed by atoms with van der Waals surface area (Å²) < 4.78 is 16.8. The molecule has 0 aliphatic heterocycles. The van der Waals surface area contributed by atoms with Gasteiger partial charge in [0.25, 0.3) is 0 Å². The zero-order valence-corrected chi connectivity index (χ0v) is 44.9. The highest BCUT2D eigenvalue weighted by Crippen LogP contribution is 2.14. The van der Waals surface area contributed by atoms with Crippen molar-refractivity contribution < 1.29 is 28.6 Å². The molecular formula is C62H108O6. The fourth-order valence-electron chi connectivity index (χ4n) is 8.01. The Labute approximate surface area is 421 Å². The molecule has 0 rings (SSSR count). The minimum absolute atomic E-state index is 0.103. The Bertz CT molecular complexity index is 1270. The summed E-state index contributed by atoms with van der Waals surface area (Å²) in [5, 5.41) is 0. The van der Waals surface area contributed by atoms with Crippen LogP contribution < -0.4 is 0 Å². The monoisotopic (exact) mass is 949 g/mol. The first-order chi connectivity index (χ1) is 33.5. The largest absolute Gasteiger partial charge is 0.462 e. The number of ether oxygens (including phenoxy) is 3. The van der Waals surface area contributed by atoms with E-state index in [0.29, 0.717) is 19.3 Å². The molecule has 0 spiro atoms. The van der Waals surface area contributed by atoms with Crippen LogP contribution in [0.5, 0.6) is 0 Å². The Morgan fingerprint density at radius 1 is 0.294 bits per heavy atom. The third kappa shape index (κ3) is 53.8. The molecule has 0 bridgehead atoms. The molecule has 0 aliphatic carbocycles. The second-order valence-electron chi connectivity index (χ2n) is 19.2. The average Bonchev–Trinajstić information content (AvgIpc) is 3.34. The summed E-state index contributed by atoms with van der Waals surface area (Å²) in [6, 6.07) is 0. The molecule has 392 valence electrons. The van der Waals surface area contributed by atoms with Crippen LogP contribution in [0.1, 0.15) is 284 Å². The first-order valence-electron chi connectivity index (χ1n) is 28.9. The van der Waals surface area contributed by atoms with Crippen molar-refractivity contribution in [3.63, 3.8) is 0 Å². The molecular weight excluding hydrogens is 841 g/mol. The maximum Gasteiger partial charge on any atom is 0.306 e. The van der Waals surface area contributed by atoms with E-state index in [-0.39, 0.29) is 37.5 Å². The quantitative estimate of drug-likeness (QED) is 0.0262. The Morgan fingerprint density at radius 2 is 0.544 bits per heavy atom. The Balaban J connectivity index is 4.46. The first-order valence-corrected chi connectivity index (χ1v) is 28.9. The molecule has 6 heteroatoms. The van der Waals surface area contributed by atoms with Gasteiger partial charge in [0.1, 0.15) is 13.2 Å². The van der Waals surface area contributed by atoms with Gasteiger partial charge in [-0.15, -0.1) is 0 Å². The van der Waals surface area contributed by atoms with Crippen LogP contribution in [0.4, 0.5) is 0 Å². The van der Waals surface area contributed by atoms with Crippen molar-refractivity contribution in [2.45, 2.75) is 290 Å². The highest BCUT2D eigenvalue weighted by atomic mass is 16.6. The summed E-state index contributed by atoms with van der Waals surface area (Å²) in [6.45, 7) is 6.56. The van der Waals surface area contributed by atoms with E-state index in [9.17, 15) is 14.4 Å². The summed E-state index contributed by atoms with van der Waals surface area (Å²) in [5.74, 6) is -0.973. The number of hydrogen-bond acceptors (Lipinski definition) is 6. The van der Waals surface area contributed by atoms with Gasteiger partial charge in [-0.25, -0.2) is 0 Å². The molecule has 6 nitrogen and oxygen atoms in total. The molecule has 0 fully saturated rings. The second-order valence-corrected chi connectivity index (χ2v) is 19.2. The first kappa shape index (κ1) is 64.8. The van der Waals surface area contributed by atoms with E-state index in [2.05, 4.69) is 93.7 Å². The lowest BCUT2D eigenvalue weighted by Gasteiger charge is -2.18. The molecule has 0 aromatic carbocycles. The minimum atomic E-state index is -0.812. The number of rotatable bonds is 52. The van der Waals surface area contributed by atoms with Crippen molar-refractivity contribution in [1.82, 2.24) is 0 Å². The van der Waals surface area contributed by atoms with Crippen LogP contribution >= 0.6 is 0 Å². The predicted octanol–water partition coefficient (Wildman–Crippen LogP) is 19.4. The van der Waals surface area contributed by atoms with Gasteiger partial charge in [0.2, 0.25) is 0 Å². The number of unbranched alkanes of at least 4 members (excludes halogenated alkanes) is 29. The fourth-order valence-corrected chi connectivity index (χ4v) is 8.01. The molecule has 0 radical (unpaired) electrons. The van der Waals surface area contributed by atoms with Gasteiger partial charge < -0.3 is 14.2 Å². The maximum atomic E-state index is 12.8. The summed E-state index contributed by atoms with van der Waals surface area (Å²) in [7, 11) is 0. The Morgan fingerprint density at radius 3 is 0.926 bits per heavy atom. The van der Waals surface area contributed by atoms with E-state index >= 15 is 0 Å². The van der Waals surface area contributed by atoms with E-state index in [0.717, 1.165) is 77.0 Å². The second kappa shape index (κ2) is 56.4. The van der Waals surface area contributed by atoms with Crippen LogP contribution in [0.25, 0.3) is 0 Å². The third-order valence-corrected chi connectivity index (χ3v) is 12.4. The fraction of sp³-hybridized carbons (Fsp3) is 0.758. The summed E-state index contributed by atoms with van der Waals surface area (Å²) in [5.41, 5.74) is 0. The lowest BCUT2D eigenvalue weighted by Crippen LogP contribution is -2.30. The van der Waals surface area contributed by atoms with Crippen LogP contribution in [0, 0.1) is 0 Å². The molecule has 68 heavy (non-hydrogen) atoms. The topological polar surface area (TPSA) is 78.9 Å². The molecule has 0 amide bonds. The van der Waals surface area contributed by atoms with E-state index in [1.165, 1.54) is 161 Å². The summed E-state index contributed by atoms with van der Waals surface area (Å²) in [4.78, 5) is 38.1. The molecule has 0 saturated heterocycles. The molecule has 0 heterocycles. The zero-order valence-electron chi connectivity index (χ0n) is 44.9. The predicted molar refractivity (Wildman–Crippen MR) is 293 cm³/mol. The van der Waals surface area contributed by atoms with Crippen LogP contribution in [-0.4, -0.2) is 37.2 Å². The van der Waals surface area contributed by atoms with Crippen molar-refractivity contribution in [3.8, 4) is 0 Å². The van der Waals surface area contributed by atoms with Gasteiger partial charge in [0.15, 0.2) is 6.10 Å². The van der Waals surface area contributed by atoms with Gasteiger partial charge in [0.05, 0.1) is 0 Å². The normalized spacial score (nSPS) is 12.6. The van der Waals surface area contributed by atoms with Crippen molar-refractivity contribution in [1.29, 1.82) is 0 Å². The van der Waals surface area contributed by atoms with Crippen LogP contribution in [0.3, 0.4) is 0 Å². The van der Waals surface area contributed by atoms with Gasteiger partial charge in [-0.05, 0) is 109 Å². The van der Waals surface area contributed by atoms with E-state index in [1.54, 1.807) is 0 Å². The average molecular weight is 950 g/mol. The van der Waals surface area contributed by atoms with Crippen molar-refractivity contribution in [3.05, 3.63) is 72.9 Å². The molecule has 0 saturated carbocycles. The lowest BCUT2D eigenvalue weighted by atomic mass is 10.1. The number of allylic oxidation sites excluding steroid dienone is 12. The van der Waals surface area contributed by atoms with Crippen LogP contribution in [0.2, 0.25) is 0 Å². The minimum Gasteiger partial charge on any atom is -0.462 e. The van der Waals surface area contributed by atoms with Gasteiger partial charge in [0, 0.05) is 19.3 Å². The summed E-state index contributed by atoms with van der Waals surface area (Å²) in [6.07, 6.45) is 71.8. The van der Waals surface area contributed by atoms with E-state index in [4.69, 9.17) is 14.2 Å². The highest BCUT2D eigenvalue weighted by molar-refractivity contribution is 5.71. The number of carbonyl (C=O) groups excluding carboxylic acids is 3. The van der Waals surface area contributed by atoms with Crippen molar-refractivity contribution in [2.75, 3.05) is 13.2 Å². The summed E-state index contributed by atoms with van der Waals surface area (Å²) >= 11 is 0. The van der Waals surface area contributed by atoms with Gasteiger partial charge in [-0.2, -0.15) is 0 Å². The molecule has 0 N–H and O–H groups in total. The Hall–Kier alpha value is -3.15. The third-order valence-electron chi connectivity index (χ3n) is 12.4. The number of hydrogen-bond donors (Lipinski definition) is 0.